The predicted octanol–water partition coefficient (Wildman–Crippen LogP) is 16.9. The Hall–Kier alpha value is -4.72. The molecule has 0 radical (unpaired) electrons. The van der Waals surface area contributed by atoms with Crippen molar-refractivity contribution in [3.05, 3.63) is 94.3 Å². The van der Waals surface area contributed by atoms with E-state index < -0.39 is 0 Å². The Labute approximate surface area is 411 Å². The summed E-state index contributed by atoms with van der Waals surface area (Å²) in [5.74, 6) is 3.04. The zero-order valence-electron chi connectivity index (χ0n) is 42.9. The molecule has 0 spiro atoms. The number of ether oxygens (including phenoxy) is 4. The minimum absolute atomic E-state index is 0.0145. The predicted molar refractivity (Wildman–Crippen MR) is 284 cm³/mol. The topological polar surface area (TPSA) is 95.1 Å². The molecule has 374 valence electrons. The highest BCUT2D eigenvalue weighted by Gasteiger charge is 2.27. The molecule has 2 aliphatic carbocycles. The Morgan fingerprint density at radius 3 is 1.04 bits per heavy atom. The lowest BCUT2D eigenvalue weighted by Crippen LogP contribution is -2.17. The third-order valence-corrected chi connectivity index (χ3v) is 13.5. The summed E-state index contributed by atoms with van der Waals surface area (Å²) in [6, 6.07) is 15.7. The van der Waals surface area contributed by atoms with Crippen LogP contribution in [0.4, 0.5) is 11.4 Å². The van der Waals surface area contributed by atoms with Crippen molar-refractivity contribution in [1.29, 1.82) is 0 Å². The minimum Gasteiger partial charge on any atom is -0.493 e. The number of fused-ring (bicyclic) bond motifs is 2. The molecule has 2 aliphatic rings. The van der Waals surface area contributed by atoms with E-state index >= 15 is 0 Å². The van der Waals surface area contributed by atoms with Crippen LogP contribution >= 0.6 is 0 Å². The summed E-state index contributed by atoms with van der Waals surface area (Å²) in [4.78, 5) is 28.2. The van der Waals surface area contributed by atoms with E-state index in [1.54, 1.807) is 0 Å². The van der Waals surface area contributed by atoms with Crippen molar-refractivity contribution in [1.82, 2.24) is 0 Å². The van der Waals surface area contributed by atoms with Gasteiger partial charge in [-0.05, 0) is 63.5 Å². The second kappa shape index (κ2) is 32.2. The van der Waals surface area contributed by atoms with Crippen molar-refractivity contribution in [2.24, 2.45) is 0 Å². The van der Waals surface area contributed by atoms with Crippen LogP contribution in [0.15, 0.2) is 72.1 Å². The van der Waals surface area contributed by atoms with E-state index in [2.05, 4.69) is 38.3 Å². The van der Waals surface area contributed by atoms with Gasteiger partial charge in [0.15, 0.2) is 23.1 Å². The zero-order chi connectivity index (χ0) is 48.0. The summed E-state index contributed by atoms with van der Waals surface area (Å²) < 4.78 is 25.6. The molecule has 0 aliphatic heterocycles. The van der Waals surface area contributed by atoms with Crippen molar-refractivity contribution in [2.75, 3.05) is 37.1 Å². The first-order valence-electron chi connectivity index (χ1n) is 27.4. The fraction of sp³-hybridized carbons (Fsp3) is 0.600. The zero-order valence-corrected chi connectivity index (χ0v) is 42.9. The highest BCUT2D eigenvalue weighted by molar-refractivity contribution is 6.12. The molecular formula is C60H88N2O6. The average molecular weight is 933 g/mol. The van der Waals surface area contributed by atoms with E-state index in [4.69, 9.17) is 18.9 Å². The summed E-state index contributed by atoms with van der Waals surface area (Å²) in [5, 5.41) is 7.05. The van der Waals surface area contributed by atoms with Gasteiger partial charge in [-0.15, -0.1) is 0 Å². The number of benzene rings is 3. The number of anilines is 2. The van der Waals surface area contributed by atoms with Crippen LogP contribution in [0.1, 0.15) is 226 Å². The molecule has 3 aromatic rings. The van der Waals surface area contributed by atoms with E-state index in [1.165, 1.54) is 116 Å². The van der Waals surface area contributed by atoms with Crippen molar-refractivity contribution in [2.45, 2.75) is 207 Å². The molecule has 0 bridgehead atoms. The molecule has 8 nitrogen and oxygen atoms in total. The molecule has 0 atom stereocenters. The first-order valence-corrected chi connectivity index (χ1v) is 27.4. The van der Waals surface area contributed by atoms with Gasteiger partial charge in [0, 0.05) is 57.9 Å². The normalized spacial score (nSPS) is 14.5. The summed E-state index contributed by atoms with van der Waals surface area (Å²) in [6.07, 6.45) is 34.9. The molecule has 2 N–H and O–H groups in total. The van der Waals surface area contributed by atoms with Crippen LogP contribution in [-0.2, 0) is 12.8 Å². The number of allylic oxidation sites excluding steroid dienone is 2. The number of carbonyl (C=O) groups excluding carboxylic acids is 2. The lowest BCUT2D eigenvalue weighted by atomic mass is 9.86. The molecule has 0 unspecified atom stereocenters. The van der Waals surface area contributed by atoms with E-state index in [0.29, 0.717) is 73.0 Å². The maximum Gasteiger partial charge on any atom is 0.190 e. The standard InChI is InChI=1S/C60H88N2O6/c1-5-9-13-17-21-25-39-65-55-33-29-31-51-49(55)37-35-47(59(51)63)45-61-53-43-57(67-41-27-23-19-15-11-7-3)58(68-42-28-24-20-16-12-8-4)44-54(53)62-46-48-36-38-50-52(60(48)64)32-30-34-56(50)66-40-26-22-18-14-10-6-2/h29-34,43-46,61-62H,5-28,35-42H2,1-4H3/b47-45-,48-46-. The van der Waals surface area contributed by atoms with Crippen LogP contribution in [-0.4, -0.2) is 38.0 Å². The van der Waals surface area contributed by atoms with Crippen molar-refractivity contribution in [3.8, 4) is 23.0 Å². The molecule has 0 aromatic heterocycles. The van der Waals surface area contributed by atoms with Gasteiger partial charge in [-0.25, -0.2) is 0 Å². The molecule has 0 fully saturated rings. The number of nitrogens with one attached hydrogen (secondary N) is 2. The Morgan fingerprint density at radius 2 is 0.706 bits per heavy atom. The molecular weight excluding hydrogens is 845 g/mol. The molecule has 0 saturated carbocycles. The van der Waals surface area contributed by atoms with Crippen LogP contribution in [0.5, 0.6) is 23.0 Å². The molecule has 0 heterocycles. The highest BCUT2D eigenvalue weighted by atomic mass is 16.5. The maximum atomic E-state index is 14.1. The molecule has 68 heavy (non-hydrogen) atoms. The van der Waals surface area contributed by atoms with Crippen molar-refractivity contribution < 1.29 is 28.5 Å². The van der Waals surface area contributed by atoms with E-state index in [0.717, 1.165) is 85.4 Å². The van der Waals surface area contributed by atoms with Gasteiger partial charge in [0.05, 0.1) is 37.8 Å². The highest BCUT2D eigenvalue weighted by Crippen LogP contribution is 2.40. The van der Waals surface area contributed by atoms with Crippen LogP contribution in [0.3, 0.4) is 0 Å². The van der Waals surface area contributed by atoms with Gasteiger partial charge in [0.25, 0.3) is 0 Å². The monoisotopic (exact) mass is 933 g/mol. The SMILES string of the molecule is CCCCCCCCOc1cc(N/C=C2/CCc3c(OCCCCCCCC)cccc3C2=O)c(N/C=C2/CCc3c(OCCCCCCCC)cccc3C2=O)cc1OCCCCCCCC. The van der Waals surface area contributed by atoms with Crippen LogP contribution < -0.4 is 29.6 Å². The fourth-order valence-corrected chi connectivity index (χ4v) is 9.32. The number of unbranched alkanes of at least 4 members (excludes halogenated alkanes) is 20. The summed E-state index contributed by atoms with van der Waals surface area (Å²) in [5.41, 5.74) is 6.32. The van der Waals surface area contributed by atoms with Gasteiger partial charge in [0.1, 0.15) is 11.5 Å². The number of hydrogen-bond donors (Lipinski definition) is 2. The van der Waals surface area contributed by atoms with Gasteiger partial charge in [-0.1, -0.05) is 180 Å². The summed E-state index contributed by atoms with van der Waals surface area (Å²) in [7, 11) is 0. The largest absolute Gasteiger partial charge is 0.493 e. The van der Waals surface area contributed by atoms with Crippen molar-refractivity contribution >= 4 is 22.9 Å². The van der Waals surface area contributed by atoms with E-state index in [1.807, 2.05) is 60.9 Å². The Bertz CT molecular complexity index is 1880. The second-order valence-electron chi connectivity index (χ2n) is 19.2. The maximum absolute atomic E-state index is 14.1. The second-order valence-corrected chi connectivity index (χ2v) is 19.2. The fourth-order valence-electron chi connectivity index (χ4n) is 9.32. The summed E-state index contributed by atoms with van der Waals surface area (Å²) >= 11 is 0. The molecule has 0 amide bonds. The smallest absolute Gasteiger partial charge is 0.190 e. The van der Waals surface area contributed by atoms with E-state index in [9.17, 15) is 9.59 Å². The Balaban J connectivity index is 1.36. The van der Waals surface area contributed by atoms with Gasteiger partial charge in [-0.3, -0.25) is 9.59 Å². The molecule has 0 saturated heterocycles. The average Bonchev–Trinajstić information content (AvgIpc) is 3.35. The Kier molecular flexibility index (Phi) is 25.6. The third kappa shape index (κ3) is 18.0. The quantitative estimate of drug-likeness (QED) is 0.0440. The Morgan fingerprint density at radius 1 is 0.397 bits per heavy atom. The van der Waals surface area contributed by atoms with E-state index in [-0.39, 0.29) is 11.6 Å². The van der Waals surface area contributed by atoms with Gasteiger partial charge in [-0.2, -0.15) is 0 Å². The van der Waals surface area contributed by atoms with Crippen molar-refractivity contribution in [3.63, 3.8) is 0 Å². The number of carbonyl (C=O) groups is 2. The number of hydrogen-bond acceptors (Lipinski definition) is 8. The first kappa shape index (κ1) is 54.2. The van der Waals surface area contributed by atoms with Crippen LogP contribution in [0.25, 0.3) is 0 Å². The number of rotatable bonds is 36. The van der Waals surface area contributed by atoms with Crippen LogP contribution in [0, 0.1) is 0 Å². The molecule has 3 aromatic carbocycles. The van der Waals surface area contributed by atoms with Crippen LogP contribution in [0.2, 0.25) is 0 Å². The molecule has 8 heteroatoms. The summed E-state index contributed by atoms with van der Waals surface area (Å²) in [6.45, 7) is 11.5. The third-order valence-electron chi connectivity index (χ3n) is 13.5. The van der Waals surface area contributed by atoms with Gasteiger partial charge < -0.3 is 29.6 Å². The first-order chi connectivity index (χ1) is 33.5. The van der Waals surface area contributed by atoms with Gasteiger partial charge >= 0.3 is 0 Å². The lowest BCUT2D eigenvalue weighted by molar-refractivity contribution is 0.101. The van der Waals surface area contributed by atoms with Gasteiger partial charge in [0.2, 0.25) is 0 Å². The number of Topliss-reactive ketones (excluding diaryl/α,β-unsaturated/α-hetero) is 2. The number of ketones is 2. The minimum atomic E-state index is 0.0145. The lowest BCUT2D eigenvalue weighted by Gasteiger charge is -2.22. The molecule has 5 rings (SSSR count).